The summed E-state index contributed by atoms with van der Waals surface area (Å²) in [7, 11) is 1.60. The fourth-order valence-electron chi connectivity index (χ4n) is 14.3. The zero-order chi connectivity index (χ0) is 79.2. The SMILES string of the molecule is CCN(CCO)c1ccc(Nc2nc(-c3cccc4ccccc34)cn3ccnc23)cc1.COc1ccc(Nc2nc(-c3ccc4ccccc4c3)cn3ccnc23)cn1.OCc1ccccc1-c1cn2ccnc2c(Nc2ccc(N3CCOCC3)cc2)n1.c1coc(-c2cn3ccnc3c(Nc3ccc(N4CCOCC4)cc3)n2)c1. The number of rotatable bonds is 20. The predicted molar refractivity (Wildman–Crippen MR) is 461 cm³/mol. The quantitative estimate of drug-likeness (QED) is 0.0414. The number of nitrogens with one attached hydrogen (secondary N) is 4. The third kappa shape index (κ3) is 17.2. The highest BCUT2D eigenvalue weighted by Gasteiger charge is 2.20. The van der Waals surface area contributed by atoms with E-state index in [1.54, 1.807) is 50.4 Å². The van der Waals surface area contributed by atoms with Crippen molar-refractivity contribution in [2.45, 2.75) is 13.5 Å². The van der Waals surface area contributed by atoms with Crippen molar-refractivity contribution in [1.82, 2.24) is 62.5 Å². The normalized spacial score (nSPS) is 12.7. The van der Waals surface area contributed by atoms with Crippen LogP contribution in [0.1, 0.15) is 12.5 Å². The Balaban J connectivity index is 0.000000112. The third-order valence-electron chi connectivity index (χ3n) is 20.3. The second-order valence-electron chi connectivity index (χ2n) is 27.6. The zero-order valence-corrected chi connectivity index (χ0v) is 64.4. The molecule has 0 bridgehead atoms. The van der Waals surface area contributed by atoms with Crippen LogP contribution in [-0.2, 0) is 16.1 Å². The summed E-state index contributed by atoms with van der Waals surface area (Å²) in [5.41, 5.74) is 17.3. The minimum atomic E-state index is -0.0361. The molecule has 0 radical (unpaired) electrons. The van der Waals surface area contributed by atoms with Gasteiger partial charge in [-0.05, 0) is 131 Å². The molecule has 2 saturated heterocycles. The predicted octanol–water partition coefficient (Wildman–Crippen LogP) is 16.8. The summed E-state index contributed by atoms with van der Waals surface area (Å²) >= 11 is 0. The summed E-state index contributed by atoms with van der Waals surface area (Å²) in [5.74, 6) is 4.02. The molecule has 2 aliphatic heterocycles. The molecule has 2 fully saturated rings. The molecule has 0 amide bonds. The number of anilines is 11. The van der Waals surface area contributed by atoms with E-state index in [2.05, 4.69) is 201 Å². The Morgan fingerprint density at radius 2 is 0.906 bits per heavy atom. The largest absolute Gasteiger partial charge is 0.481 e. The van der Waals surface area contributed by atoms with Crippen molar-refractivity contribution in [1.29, 1.82) is 0 Å². The van der Waals surface area contributed by atoms with E-state index in [0.29, 0.717) is 35.7 Å². The van der Waals surface area contributed by atoms with Crippen LogP contribution in [0.4, 0.5) is 63.1 Å². The molecule has 26 heteroatoms. The van der Waals surface area contributed by atoms with Crippen LogP contribution in [0.3, 0.4) is 0 Å². The smallest absolute Gasteiger partial charge is 0.213 e. The number of imidazole rings is 4. The molecule has 0 aliphatic carbocycles. The molecule has 26 nitrogen and oxygen atoms in total. The highest BCUT2D eigenvalue weighted by Crippen LogP contribution is 2.35. The van der Waals surface area contributed by atoms with Gasteiger partial charge < -0.3 is 82.4 Å². The number of hydrogen-bond acceptors (Lipinski definition) is 22. The Kier molecular flexibility index (Phi) is 22.6. The fraction of sp³-hybridized carbons (Fsp3) is 0.154. The molecule has 0 saturated carbocycles. The number of benzene rings is 8. The summed E-state index contributed by atoms with van der Waals surface area (Å²) in [6.45, 7) is 10.4. The minimum Gasteiger partial charge on any atom is -0.481 e. The summed E-state index contributed by atoms with van der Waals surface area (Å²) in [4.78, 5) is 48.1. The van der Waals surface area contributed by atoms with Crippen LogP contribution in [-0.4, -0.2) is 152 Å². The average molecular weight is 1550 g/mol. The summed E-state index contributed by atoms with van der Waals surface area (Å²) in [5, 5.41) is 37.3. The maximum absolute atomic E-state index is 9.72. The van der Waals surface area contributed by atoms with Crippen LogP contribution in [0.5, 0.6) is 5.88 Å². The van der Waals surface area contributed by atoms with Gasteiger partial charge in [-0.15, -0.1) is 0 Å². The van der Waals surface area contributed by atoms with E-state index >= 15 is 0 Å². The van der Waals surface area contributed by atoms with Gasteiger partial charge in [0.1, 0.15) is 5.69 Å². The van der Waals surface area contributed by atoms with Crippen LogP contribution >= 0.6 is 0 Å². The molecule has 8 aromatic carbocycles. The van der Waals surface area contributed by atoms with Gasteiger partial charge in [0.2, 0.25) is 5.88 Å². The van der Waals surface area contributed by atoms with Gasteiger partial charge in [0.15, 0.2) is 51.6 Å². The van der Waals surface area contributed by atoms with Crippen molar-refractivity contribution in [2.75, 3.05) is 115 Å². The van der Waals surface area contributed by atoms with Crippen molar-refractivity contribution in [3.8, 4) is 51.1 Å². The molecule has 6 N–H and O–H groups in total. The number of aliphatic hydroxyl groups excluding tert-OH is 2. The van der Waals surface area contributed by atoms with Crippen molar-refractivity contribution >= 4 is 107 Å². The highest BCUT2D eigenvalue weighted by atomic mass is 16.5. The lowest BCUT2D eigenvalue weighted by molar-refractivity contribution is 0.122. The number of morpholine rings is 2. The maximum Gasteiger partial charge on any atom is 0.213 e. The average Bonchev–Trinajstić information content (AvgIpc) is 1.77. The number of furan rings is 1. The molecular formula is C91H84N20O6. The Morgan fingerprint density at radius 3 is 1.44 bits per heavy atom. The van der Waals surface area contributed by atoms with Gasteiger partial charge in [-0.3, -0.25) is 0 Å². The number of pyridine rings is 1. The topological polar surface area (TPSA) is 273 Å². The molecule has 0 unspecified atom stereocenters. The van der Waals surface area contributed by atoms with E-state index in [-0.39, 0.29) is 13.2 Å². The van der Waals surface area contributed by atoms with Crippen LogP contribution in [0.2, 0.25) is 0 Å². The Bertz CT molecular complexity index is 6360. The Hall–Kier alpha value is -14.6. The first-order valence-electron chi connectivity index (χ1n) is 38.7. The van der Waals surface area contributed by atoms with E-state index in [4.69, 9.17) is 38.6 Å². The molecule has 0 atom stereocenters. The first-order chi connectivity index (χ1) is 57.7. The lowest BCUT2D eigenvalue weighted by Gasteiger charge is -2.28. The summed E-state index contributed by atoms with van der Waals surface area (Å²) < 4.78 is 29.3. The van der Waals surface area contributed by atoms with E-state index in [1.807, 2.05) is 134 Å². The molecule has 584 valence electrons. The van der Waals surface area contributed by atoms with Crippen LogP contribution in [0, 0.1) is 0 Å². The van der Waals surface area contributed by atoms with Crippen molar-refractivity contribution in [3.63, 3.8) is 0 Å². The number of hydrogen-bond donors (Lipinski definition) is 6. The Labute approximate surface area is 673 Å². The standard InChI is InChI=1S/C26H25N5O.C23H23N5O2.C22H17N5O.C20H19N5O2/c1-2-30(16-17-32)21-12-10-20(11-13-21)28-25-26-27-14-15-31(26)18-24(29-25)23-9-5-7-19-6-3-4-8-22(19)23;29-16-17-3-1-2-4-20(17)21-15-28-10-9-24-23(28)22(26-21)25-18-5-7-19(8-6-18)27-11-13-30-14-12-27;1-28-20-9-8-18(13-24-20)25-21-22-23-10-11-27(22)14-19(26-21)17-7-6-15-4-2-3-5-16(15)12-17;1-2-18(27-11-1)17-14-25-8-7-21-20(25)19(23-17)22-15-3-5-16(6-4-15)24-9-12-26-13-10-24/h3-15,18,32H,2,16-17H2,1H3,(H,28,29);1-10,15,29H,11-14,16H2,(H,25,26);2-14H,1H3,(H,25,26);1-8,11,14H,9-10,12-13H2,(H,22,23). The number of nitrogens with zero attached hydrogens (tertiary/aromatic N) is 16. The number of fused-ring (bicyclic) bond motifs is 6. The number of aliphatic hydroxyl groups is 2. The highest BCUT2D eigenvalue weighted by molar-refractivity contribution is 5.96. The van der Waals surface area contributed by atoms with Crippen molar-refractivity contribution in [3.05, 3.63) is 299 Å². The second-order valence-corrected chi connectivity index (χ2v) is 27.6. The molecule has 2 aliphatic rings. The summed E-state index contributed by atoms with van der Waals surface area (Å²) in [6.07, 6.45) is 25.9. The zero-order valence-electron chi connectivity index (χ0n) is 64.4. The lowest BCUT2D eigenvalue weighted by Crippen LogP contribution is -2.36. The molecule has 12 heterocycles. The van der Waals surface area contributed by atoms with E-state index in [9.17, 15) is 10.2 Å². The number of ether oxygens (including phenoxy) is 3. The first-order valence-corrected chi connectivity index (χ1v) is 38.7. The molecule has 18 aromatic rings. The monoisotopic (exact) mass is 1550 g/mol. The van der Waals surface area contributed by atoms with E-state index < -0.39 is 0 Å². The van der Waals surface area contributed by atoms with E-state index in [0.717, 1.165) is 161 Å². The second kappa shape index (κ2) is 35.2. The van der Waals surface area contributed by atoms with E-state index in [1.165, 1.54) is 32.9 Å². The van der Waals surface area contributed by atoms with Crippen molar-refractivity contribution < 1.29 is 28.8 Å². The fourth-order valence-corrected chi connectivity index (χ4v) is 14.3. The number of likely N-dealkylation sites (N-methyl/N-ethyl adjacent to an activating group) is 1. The van der Waals surface area contributed by atoms with Gasteiger partial charge in [-0.25, -0.2) is 44.9 Å². The van der Waals surface area contributed by atoms with Crippen LogP contribution in [0.25, 0.3) is 89.4 Å². The molecule has 117 heavy (non-hydrogen) atoms. The van der Waals surface area contributed by atoms with Gasteiger partial charge in [-0.1, -0.05) is 103 Å². The maximum atomic E-state index is 9.72. The van der Waals surface area contributed by atoms with Gasteiger partial charge in [0.05, 0.1) is 82.0 Å². The molecule has 20 rings (SSSR count). The van der Waals surface area contributed by atoms with Gasteiger partial charge in [0, 0.05) is 171 Å². The van der Waals surface area contributed by atoms with Gasteiger partial charge in [-0.2, -0.15) is 0 Å². The molecular weight excluding hydrogens is 1470 g/mol. The minimum absolute atomic E-state index is 0.0361. The molecule has 10 aromatic heterocycles. The van der Waals surface area contributed by atoms with Gasteiger partial charge in [0.25, 0.3) is 0 Å². The van der Waals surface area contributed by atoms with Gasteiger partial charge >= 0.3 is 0 Å². The molecule has 0 spiro atoms. The van der Waals surface area contributed by atoms with Crippen LogP contribution < -0.4 is 40.7 Å². The van der Waals surface area contributed by atoms with Crippen LogP contribution in [0.15, 0.2) is 297 Å². The Morgan fingerprint density at radius 1 is 0.436 bits per heavy atom. The summed E-state index contributed by atoms with van der Waals surface area (Å²) in [6, 6.07) is 69.4. The number of methoxy groups -OCH3 is 1. The van der Waals surface area contributed by atoms with Crippen molar-refractivity contribution in [2.24, 2.45) is 0 Å². The number of aromatic nitrogens is 13. The lowest BCUT2D eigenvalue weighted by atomic mass is 10.0. The first kappa shape index (κ1) is 75.1. The third-order valence-corrected chi connectivity index (χ3v) is 20.3.